The number of halogens is 1. The minimum absolute atomic E-state index is 0.501. The van der Waals surface area contributed by atoms with Gasteiger partial charge in [0.1, 0.15) is 11.6 Å². The van der Waals surface area contributed by atoms with Crippen LogP contribution in [-0.4, -0.2) is 18.1 Å². The Hall–Kier alpha value is -1.74. The van der Waals surface area contributed by atoms with Crippen LogP contribution in [0.5, 0.6) is 5.75 Å². The molecular weight excluding hydrogens is 260 g/mol. The lowest BCUT2D eigenvalue weighted by Crippen LogP contribution is -2.18. The first kappa shape index (κ1) is 12.3. The minimum atomic E-state index is 0.501. The number of ether oxygens (including phenoxy) is 1. The number of pyridine rings is 1. The van der Waals surface area contributed by atoms with Gasteiger partial charge in [-0.3, -0.25) is 0 Å². The first-order chi connectivity index (χ1) is 9.38. The molecule has 19 heavy (non-hydrogen) atoms. The SMILES string of the molecule is ClCc1ccnc(N2CCCOc3ccccc32)c1. The molecule has 0 N–H and O–H groups in total. The zero-order valence-electron chi connectivity index (χ0n) is 10.6. The number of aromatic nitrogens is 1. The molecule has 0 radical (unpaired) electrons. The lowest BCUT2D eigenvalue weighted by molar-refractivity contribution is 0.322. The van der Waals surface area contributed by atoms with Gasteiger partial charge in [0.05, 0.1) is 12.3 Å². The third-order valence-electron chi connectivity index (χ3n) is 3.18. The van der Waals surface area contributed by atoms with Crippen molar-refractivity contribution in [2.24, 2.45) is 0 Å². The van der Waals surface area contributed by atoms with Crippen molar-refractivity contribution in [1.29, 1.82) is 0 Å². The molecule has 0 fully saturated rings. The molecule has 0 aliphatic carbocycles. The predicted molar refractivity (Wildman–Crippen MR) is 77.4 cm³/mol. The van der Waals surface area contributed by atoms with Gasteiger partial charge in [-0.2, -0.15) is 0 Å². The summed E-state index contributed by atoms with van der Waals surface area (Å²) in [6, 6.07) is 12.1. The van der Waals surface area contributed by atoms with Crippen LogP contribution < -0.4 is 9.64 Å². The first-order valence-electron chi connectivity index (χ1n) is 6.39. The molecule has 0 saturated heterocycles. The van der Waals surface area contributed by atoms with Crippen LogP contribution in [0.3, 0.4) is 0 Å². The summed E-state index contributed by atoms with van der Waals surface area (Å²) in [6.45, 7) is 1.64. The standard InChI is InChI=1S/C15H15ClN2O/c16-11-12-6-7-17-15(10-12)18-8-3-9-19-14-5-2-1-4-13(14)18/h1-2,4-7,10H,3,8-9,11H2. The normalized spacial score (nSPS) is 14.5. The van der Waals surface area contributed by atoms with Crippen molar-refractivity contribution < 1.29 is 4.74 Å². The maximum absolute atomic E-state index is 5.90. The second-order valence-corrected chi connectivity index (χ2v) is 4.74. The van der Waals surface area contributed by atoms with E-state index < -0.39 is 0 Å². The lowest BCUT2D eigenvalue weighted by Gasteiger charge is -2.23. The summed E-state index contributed by atoms with van der Waals surface area (Å²) >= 11 is 5.90. The van der Waals surface area contributed by atoms with E-state index in [1.165, 1.54) is 0 Å². The van der Waals surface area contributed by atoms with Crippen molar-refractivity contribution in [3.63, 3.8) is 0 Å². The van der Waals surface area contributed by atoms with Gasteiger partial charge in [0.15, 0.2) is 0 Å². The third kappa shape index (κ3) is 2.51. The number of fused-ring (bicyclic) bond motifs is 1. The molecule has 3 rings (SSSR count). The maximum Gasteiger partial charge on any atom is 0.142 e. The molecular formula is C15H15ClN2O. The monoisotopic (exact) mass is 274 g/mol. The average molecular weight is 275 g/mol. The van der Waals surface area contributed by atoms with Gasteiger partial charge in [0.2, 0.25) is 0 Å². The Morgan fingerprint density at radius 2 is 2.16 bits per heavy atom. The number of anilines is 2. The van der Waals surface area contributed by atoms with Crippen molar-refractivity contribution in [1.82, 2.24) is 4.98 Å². The van der Waals surface area contributed by atoms with Crippen LogP contribution in [0.1, 0.15) is 12.0 Å². The van der Waals surface area contributed by atoms with Gasteiger partial charge in [0.25, 0.3) is 0 Å². The molecule has 4 heteroatoms. The summed E-state index contributed by atoms with van der Waals surface area (Å²) in [7, 11) is 0. The summed E-state index contributed by atoms with van der Waals surface area (Å²) in [6.07, 6.45) is 2.78. The van der Waals surface area contributed by atoms with Gasteiger partial charge < -0.3 is 9.64 Å². The second kappa shape index (κ2) is 5.49. The van der Waals surface area contributed by atoms with Crippen LogP contribution >= 0.6 is 11.6 Å². The van der Waals surface area contributed by atoms with Crippen LogP contribution in [0.4, 0.5) is 11.5 Å². The number of alkyl halides is 1. The molecule has 1 aliphatic heterocycles. The highest BCUT2D eigenvalue weighted by molar-refractivity contribution is 6.17. The molecule has 0 amide bonds. The highest BCUT2D eigenvalue weighted by atomic mass is 35.5. The Kier molecular flexibility index (Phi) is 3.56. The number of benzene rings is 1. The van der Waals surface area contributed by atoms with E-state index in [4.69, 9.17) is 16.3 Å². The highest BCUT2D eigenvalue weighted by Gasteiger charge is 2.18. The Labute approximate surface area is 117 Å². The summed E-state index contributed by atoms with van der Waals surface area (Å²) in [4.78, 5) is 6.66. The molecule has 2 heterocycles. The summed E-state index contributed by atoms with van der Waals surface area (Å²) < 4.78 is 5.76. The maximum atomic E-state index is 5.90. The molecule has 0 atom stereocenters. The highest BCUT2D eigenvalue weighted by Crippen LogP contribution is 2.35. The van der Waals surface area contributed by atoms with Crippen molar-refractivity contribution in [3.8, 4) is 5.75 Å². The number of hydrogen-bond donors (Lipinski definition) is 0. The number of nitrogens with zero attached hydrogens (tertiary/aromatic N) is 2. The van der Waals surface area contributed by atoms with Crippen LogP contribution in [0, 0.1) is 0 Å². The zero-order valence-corrected chi connectivity index (χ0v) is 11.3. The van der Waals surface area contributed by atoms with Gasteiger partial charge in [-0.25, -0.2) is 4.98 Å². The molecule has 3 nitrogen and oxygen atoms in total. The number of para-hydroxylation sites is 2. The molecule has 98 valence electrons. The second-order valence-electron chi connectivity index (χ2n) is 4.48. The first-order valence-corrected chi connectivity index (χ1v) is 6.92. The van der Waals surface area contributed by atoms with E-state index in [0.29, 0.717) is 5.88 Å². The van der Waals surface area contributed by atoms with E-state index in [1.54, 1.807) is 6.20 Å². The number of rotatable bonds is 2. The summed E-state index contributed by atoms with van der Waals surface area (Å²) in [5.41, 5.74) is 2.15. The quantitative estimate of drug-likeness (QED) is 0.780. The smallest absolute Gasteiger partial charge is 0.142 e. The van der Waals surface area contributed by atoms with Gasteiger partial charge in [-0.05, 0) is 36.2 Å². The van der Waals surface area contributed by atoms with E-state index in [1.807, 2.05) is 30.3 Å². The van der Waals surface area contributed by atoms with E-state index in [-0.39, 0.29) is 0 Å². The van der Waals surface area contributed by atoms with Gasteiger partial charge in [0, 0.05) is 18.6 Å². The molecule has 1 aromatic carbocycles. The van der Waals surface area contributed by atoms with Gasteiger partial charge in [-0.1, -0.05) is 12.1 Å². The zero-order chi connectivity index (χ0) is 13.1. The molecule has 1 aromatic heterocycles. The fourth-order valence-electron chi connectivity index (χ4n) is 2.26. The van der Waals surface area contributed by atoms with Crippen molar-refractivity contribution >= 4 is 23.1 Å². The molecule has 0 bridgehead atoms. The molecule has 2 aromatic rings. The third-order valence-corrected chi connectivity index (χ3v) is 3.49. The van der Waals surface area contributed by atoms with E-state index in [9.17, 15) is 0 Å². The average Bonchev–Trinajstić information content (AvgIpc) is 2.69. The van der Waals surface area contributed by atoms with Crippen molar-refractivity contribution in [2.45, 2.75) is 12.3 Å². The van der Waals surface area contributed by atoms with Crippen molar-refractivity contribution in [3.05, 3.63) is 48.2 Å². The Morgan fingerprint density at radius 3 is 3.05 bits per heavy atom. The fourth-order valence-corrected chi connectivity index (χ4v) is 2.42. The van der Waals surface area contributed by atoms with Crippen LogP contribution in [0.25, 0.3) is 0 Å². The topological polar surface area (TPSA) is 25.4 Å². The van der Waals surface area contributed by atoms with Crippen LogP contribution in [0.15, 0.2) is 42.6 Å². The summed E-state index contributed by atoms with van der Waals surface area (Å²) in [5.74, 6) is 2.34. The van der Waals surface area contributed by atoms with Crippen molar-refractivity contribution in [2.75, 3.05) is 18.1 Å². The largest absolute Gasteiger partial charge is 0.491 e. The van der Waals surface area contributed by atoms with E-state index in [2.05, 4.69) is 16.0 Å². The Balaban J connectivity index is 2.03. The fraction of sp³-hybridized carbons (Fsp3) is 0.267. The Morgan fingerprint density at radius 1 is 1.26 bits per heavy atom. The van der Waals surface area contributed by atoms with E-state index >= 15 is 0 Å². The van der Waals surface area contributed by atoms with Gasteiger partial charge >= 0.3 is 0 Å². The summed E-state index contributed by atoms with van der Waals surface area (Å²) in [5, 5.41) is 0. The molecule has 0 unspecified atom stereocenters. The molecule has 0 saturated carbocycles. The van der Waals surface area contributed by atoms with Crippen LogP contribution in [-0.2, 0) is 5.88 Å². The Bertz CT molecular complexity index is 574. The molecule has 0 spiro atoms. The van der Waals surface area contributed by atoms with Gasteiger partial charge in [-0.15, -0.1) is 11.6 Å². The number of hydrogen-bond acceptors (Lipinski definition) is 3. The molecule has 1 aliphatic rings. The minimum Gasteiger partial charge on any atom is -0.491 e. The lowest BCUT2D eigenvalue weighted by atomic mass is 10.2. The van der Waals surface area contributed by atoms with E-state index in [0.717, 1.165) is 42.4 Å². The predicted octanol–water partition coefficient (Wildman–Crippen LogP) is 3.74. The van der Waals surface area contributed by atoms with Crippen LogP contribution in [0.2, 0.25) is 0 Å².